The van der Waals surface area contributed by atoms with Gasteiger partial charge in [-0.2, -0.15) is 0 Å². The molecule has 3 N–H and O–H groups in total. The number of hydrogen-bond acceptors (Lipinski definition) is 3. The molecule has 0 saturated heterocycles. The molecular formula is C19H24N2O3. The number of aromatic amines is 1. The van der Waals surface area contributed by atoms with Crippen LogP contribution in [0.3, 0.4) is 0 Å². The van der Waals surface area contributed by atoms with Crippen molar-refractivity contribution in [2.24, 2.45) is 5.41 Å². The second kappa shape index (κ2) is 7.45. The summed E-state index contributed by atoms with van der Waals surface area (Å²) in [5.41, 5.74) is 1.47. The van der Waals surface area contributed by atoms with Crippen LogP contribution in [-0.4, -0.2) is 34.4 Å². The van der Waals surface area contributed by atoms with Crippen LogP contribution in [0.4, 0.5) is 0 Å². The highest BCUT2D eigenvalue weighted by Gasteiger charge is 2.26. The molecule has 0 bridgehead atoms. The average molecular weight is 328 g/mol. The number of carbonyl (C=O) groups is 2. The van der Waals surface area contributed by atoms with Crippen molar-refractivity contribution in [1.82, 2.24) is 10.3 Å². The maximum absolute atomic E-state index is 12.4. The lowest BCUT2D eigenvalue weighted by molar-refractivity contribution is 0.0884. The Bertz CT molecular complexity index is 682. The fraction of sp³-hybridized carbons (Fsp3) is 0.368. The molecule has 0 spiro atoms. The third kappa shape index (κ3) is 4.32. The van der Waals surface area contributed by atoms with Gasteiger partial charge in [-0.25, -0.2) is 0 Å². The number of carbonyl (C=O) groups excluding carboxylic acids is 2. The molecule has 128 valence electrons. The molecule has 0 fully saturated rings. The zero-order chi connectivity index (χ0) is 17.7. The molecule has 2 aromatic rings. The highest BCUT2D eigenvalue weighted by atomic mass is 16.3. The van der Waals surface area contributed by atoms with Crippen molar-refractivity contribution in [3.05, 3.63) is 59.4 Å². The normalized spacial score (nSPS) is 12.7. The van der Waals surface area contributed by atoms with Gasteiger partial charge in [0.25, 0.3) is 5.91 Å². The van der Waals surface area contributed by atoms with E-state index >= 15 is 0 Å². The molecule has 1 atom stereocenters. The molecule has 5 heteroatoms. The topological polar surface area (TPSA) is 82.2 Å². The summed E-state index contributed by atoms with van der Waals surface area (Å²) in [6.45, 7) is 6.08. The van der Waals surface area contributed by atoms with Crippen LogP contribution in [0.25, 0.3) is 0 Å². The number of amides is 1. The minimum atomic E-state index is -0.205. The second-order valence-electron chi connectivity index (χ2n) is 6.91. The third-order valence-corrected chi connectivity index (χ3v) is 4.04. The summed E-state index contributed by atoms with van der Waals surface area (Å²) in [7, 11) is 0. The molecule has 1 heterocycles. The Hall–Kier alpha value is -2.40. The molecule has 0 aliphatic carbocycles. The first-order valence-corrected chi connectivity index (χ1v) is 8.02. The van der Waals surface area contributed by atoms with Crippen molar-refractivity contribution in [3.63, 3.8) is 0 Å². The van der Waals surface area contributed by atoms with Gasteiger partial charge in [-0.1, -0.05) is 32.9 Å². The van der Waals surface area contributed by atoms with Crippen molar-refractivity contribution < 1.29 is 14.7 Å². The third-order valence-electron chi connectivity index (χ3n) is 4.04. The number of ketones is 1. The number of hydrogen-bond donors (Lipinski definition) is 3. The highest BCUT2D eigenvalue weighted by Crippen LogP contribution is 2.22. The summed E-state index contributed by atoms with van der Waals surface area (Å²) in [5.74, 6) is -0.292. The number of aliphatic hydroxyl groups excluding tert-OH is 1. The van der Waals surface area contributed by atoms with E-state index in [9.17, 15) is 14.7 Å². The molecule has 0 radical (unpaired) electrons. The monoisotopic (exact) mass is 328 g/mol. The Balaban J connectivity index is 2.09. The Labute approximate surface area is 142 Å². The molecule has 0 aliphatic rings. The summed E-state index contributed by atoms with van der Waals surface area (Å²) in [4.78, 5) is 27.5. The van der Waals surface area contributed by atoms with E-state index in [0.29, 0.717) is 23.1 Å². The first-order valence-electron chi connectivity index (χ1n) is 8.02. The van der Waals surface area contributed by atoms with Crippen LogP contribution >= 0.6 is 0 Å². The first-order chi connectivity index (χ1) is 11.3. The van der Waals surface area contributed by atoms with E-state index in [1.807, 2.05) is 20.8 Å². The minimum absolute atomic E-state index is 0.0202. The second-order valence-corrected chi connectivity index (χ2v) is 6.91. The predicted octanol–water partition coefficient (Wildman–Crippen LogP) is 2.77. The summed E-state index contributed by atoms with van der Waals surface area (Å²) in [5, 5.41) is 12.1. The maximum Gasteiger partial charge on any atom is 0.251 e. The van der Waals surface area contributed by atoms with Gasteiger partial charge in [-0.15, -0.1) is 0 Å². The molecule has 0 saturated carbocycles. The number of aromatic nitrogens is 1. The molecule has 0 aliphatic heterocycles. The fourth-order valence-electron chi connectivity index (χ4n) is 2.50. The SMILES string of the molecule is CC(C)(C)C(CCO)NC(=O)c1ccc(C(=O)c2cc[nH]c2)cc1. The van der Waals surface area contributed by atoms with Gasteiger partial charge in [-0.3, -0.25) is 9.59 Å². The Morgan fingerprint density at radius 2 is 1.71 bits per heavy atom. The van der Waals surface area contributed by atoms with E-state index in [4.69, 9.17) is 0 Å². The first kappa shape index (κ1) is 17.9. The van der Waals surface area contributed by atoms with Crippen LogP contribution in [0.2, 0.25) is 0 Å². The van der Waals surface area contributed by atoms with Crippen molar-refractivity contribution in [1.29, 1.82) is 0 Å². The predicted molar refractivity (Wildman–Crippen MR) is 93.1 cm³/mol. The molecule has 1 aromatic carbocycles. The van der Waals surface area contributed by atoms with E-state index in [1.165, 1.54) is 0 Å². The molecule has 24 heavy (non-hydrogen) atoms. The number of nitrogens with one attached hydrogen (secondary N) is 2. The maximum atomic E-state index is 12.4. The van der Waals surface area contributed by atoms with Gasteiger partial charge in [0.15, 0.2) is 5.78 Å². The Morgan fingerprint density at radius 3 is 2.21 bits per heavy atom. The number of rotatable bonds is 6. The van der Waals surface area contributed by atoms with Gasteiger partial charge in [0.1, 0.15) is 0 Å². The van der Waals surface area contributed by atoms with Crippen LogP contribution in [-0.2, 0) is 0 Å². The molecular weight excluding hydrogens is 304 g/mol. The van der Waals surface area contributed by atoms with Gasteiger partial charge >= 0.3 is 0 Å². The molecule has 5 nitrogen and oxygen atoms in total. The fourth-order valence-corrected chi connectivity index (χ4v) is 2.50. The van der Waals surface area contributed by atoms with Crippen LogP contribution in [0, 0.1) is 5.41 Å². The molecule has 2 rings (SSSR count). The van der Waals surface area contributed by atoms with E-state index in [2.05, 4.69) is 10.3 Å². The lowest BCUT2D eigenvalue weighted by atomic mass is 9.84. The summed E-state index contributed by atoms with van der Waals surface area (Å²) >= 11 is 0. The highest BCUT2D eigenvalue weighted by molar-refractivity contribution is 6.09. The quantitative estimate of drug-likeness (QED) is 0.713. The van der Waals surface area contributed by atoms with E-state index < -0.39 is 0 Å². The van der Waals surface area contributed by atoms with E-state index in [0.717, 1.165) is 0 Å². The van der Waals surface area contributed by atoms with Crippen molar-refractivity contribution in [3.8, 4) is 0 Å². The Morgan fingerprint density at radius 1 is 1.08 bits per heavy atom. The van der Waals surface area contributed by atoms with E-state index in [-0.39, 0.29) is 29.8 Å². The van der Waals surface area contributed by atoms with Crippen LogP contribution < -0.4 is 5.32 Å². The summed E-state index contributed by atoms with van der Waals surface area (Å²) < 4.78 is 0. The lowest BCUT2D eigenvalue weighted by Crippen LogP contribution is -2.44. The van der Waals surface area contributed by atoms with Crippen LogP contribution in [0.15, 0.2) is 42.7 Å². The van der Waals surface area contributed by atoms with Gasteiger partial charge in [-0.05, 0) is 30.0 Å². The van der Waals surface area contributed by atoms with Crippen LogP contribution in [0.1, 0.15) is 53.5 Å². The van der Waals surface area contributed by atoms with Gasteiger partial charge in [0.2, 0.25) is 0 Å². The zero-order valence-electron chi connectivity index (χ0n) is 14.3. The van der Waals surface area contributed by atoms with E-state index in [1.54, 1.807) is 42.7 Å². The zero-order valence-corrected chi connectivity index (χ0v) is 14.3. The average Bonchev–Trinajstić information content (AvgIpc) is 3.07. The summed E-state index contributed by atoms with van der Waals surface area (Å²) in [6.07, 6.45) is 3.84. The standard InChI is InChI=1S/C19H24N2O3/c1-19(2,3)16(9-11-22)21-18(24)14-6-4-13(5-7-14)17(23)15-8-10-20-12-15/h4-8,10,12,16,20,22H,9,11H2,1-3H3,(H,21,24). The molecule has 1 unspecified atom stereocenters. The summed E-state index contributed by atoms with van der Waals surface area (Å²) in [6, 6.07) is 8.19. The largest absolute Gasteiger partial charge is 0.396 e. The van der Waals surface area contributed by atoms with Gasteiger partial charge in [0, 0.05) is 41.7 Å². The smallest absolute Gasteiger partial charge is 0.251 e. The van der Waals surface area contributed by atoms with Crippen molar-refractivity contribution in [2.45, 2.75) is 33.2 Å². The molecule has 1 amide bonds. The van der Waals surface area contributed by atoms with Crippen molar-refractivity contribution >= 4 is 11.7 Å². The lowest BCUT2D eigenvalue weighted by Gasteiger charge is -2.31. The molecule has 1 aromatic heterocycles. The Kier molecular flexibility index (Phi) is 5.57. The van der Waals surface area contributed by atoms with Crippen molar-refractivity contribution in [2.75, 3.05) is 6.61 Å². The number of benzene rings is 1. The minimum Gasteiger partial charge on any atom is -0.396 e. The van der Waals surface area contributed by atoms with Gasteiger partial charge < -0.3 is 15.4 Å². The number of aliphatic hydroxyl groups is 1. The van der Waals surface area contributed by atoms with Crippen LogP contribution in [0.5, 0.6) is 0 Å². The number of H-pyrrole nitrogens is 1. The van der Waals surface area contributed by atoms with Gasteiger partial charge in [0.05, 0.1) is 0 Å².